The van der Waals surface area contributed by atoms with Crippen LogP contribution in [0.3, 0.4) is 0 Å². The minimum Gasteiger partial charge on any atom is -0.480 e. The lowest BCUT2D eigenvalue weighted by atomic mass is 10.1. The van der Waals surface area contributed by atoms with Gasteiger partial charge in [0.2, 0.25) is 0 Å². The van der Waals surface area contributed by atoms with Crippen LogP contribution in [0, 0.1) is 0 Å². The monoisotopic (exact) mass is 338 g/mol. The van der Waals surface area contributed by atoms with Gasteiger partial charge in [-0.15, -0.1) is 0 Å². The van der Waals surface area contributed by atoms with Gasteiger partial charge in [0.05, 0.1) is 6.61 Å². The van der Waals surface area contributed by atoms with E-state index in [1.807, 2.05) is 6.07 Å². The zero-order valence-corrected chi connectivity index (χ0v) is 13.7. The standard InChI is InChI=1S/C16H19ClN2O4/c1-2-22-16(21)19-7-5-18(6-8-19)15(20)14-10-11-9-12(17)3-4-13(11)23-14/h3-4,9,14H,2,5-8,10H2,1H3. The van der Waals surface area contributed by atoms with Crippen molar-refractivity contribution in [1.29, 1.82) is 0 Å². The molecule has 6 nitrogen and oxygen atoms in total. The van der Waals surface area contributed by atoms with Crippen molar-refractivity contribution < 1.29 is 19.1 Å². The summed E-state index contributed by atoms with van der Waals surface area (Å²) in [7, 11) is 0. The van der Waals surface area contributed by atoms with Crippen LogP contribution in [0.25, 0.3) is 0 Å². The molecule has 0 spiro atoms. The fourth-order valence-electron chi connectivity index (χ4n) is 2.88. The second-order valence-electron chi connectivity index (χ2n) is 5.57. The summed E-state index contributed by atoms with van der Waals surface area (Å²) >= 11 is 5.97. The van der Waals surface area contributed by atoms with Gasteiger partial charge in [-0.3, -0.25) is 4.79 Å². The number of ether oxygens (including phenoxy) is 2. The number of hydrogen-bond acceptors (Lipinski definition) is 4. The molecule has 2 aliphatic heterocycles. The number of carbonyl (C=O) groups excluding carboxylic acids is 2. The summed E-state index contributed by atoms with van der Waals surface area (Å²) in [4.78, 5) is 27.6. The quantitative estimate of drug-likeness (QED) is 0.827. The molecular formula is C16H19ClN2O4. The van der Waals surface area contributed by atoms with Crippen LogP contribution in [0.5, 0.6) is 5.75 Å². The molecule has 0 aromatic heterocycles. The molecule has 0 saturated carbocycles. The number of hydrogen-bond donors (Lipinski definition) is 0. The number of halogens is 1. The summed E-state index contributed by atoms with van der Waals surface area (Å²) < 4.78 is 10.7. The molecule has 0 bridgehead atoms. The van der Waals surface area contributed by atoms with E-state index in [4.69, 9.17) is 21.1 Å². The van der Waals surface area contributed by atoms with Gasteiger partial charge < -0.3 is 19.3 Å². The van der Waals surface area contributed by atoms with Crippen molar-refractivity contribution in [2.75, 3.05) is 32.8 Å². The van der Waals surface area contributed by atoms with Gasteiger partial charge in [-0.05, 0) is 30.7 Å². The highest BCUT2D eigenvalue weighted by atomic mass is 35.5. The van der Waals surface area contributed by atoms with Gasteiger partial charge in [0.15, 0.2) is 6.10 Å². The molecule has 2 amide bonds. The fraction of sp³-hybridized carbons (Fsp3) is 0.500. The average Bonchev–Trinajstić information content (AvgIpc) is 2.97. The maximum absolute atomic E-state index is 12.6. The molecule has 1 atom stereocenters. The fourth-order valence-corrected chi connectivity index (χ4v) is 3.08. The number of amides is 2. The van der Waals surface area contributed by atoms with Crippen molar-refractivity contribution in [2.45, 2.75) is 19.4 Å². The zero-order chi connectivity index (χ0) is 16.4. The Morgan fingerprint density at radius 1 is 1.26 bits per heavy atom. The molecule has 3 rings (SSSR count). The lowest BCUT2D eigenvalue weighted by Gasteiger charge is -2.35. The van der Waals surface area contributed by atoms with Gasteiger partial charge in [-0.2, -0.15) is 0 Å². The van der Waals surface area contributed by atoms with E-state index in [0.717, 1.165) is 11.3 Å². The lowest BCUT2D eigenvalue weighted by Crippen LogP contribution is -2.53. The van der Waals surface area contributed by atoms with Crippen molar-refractivity contribution in [2.24, 2.45) is 0 Å². The Balaban J connectivity index is 1.56. The van der Waals surface area contributed by atoms with Crippen LogP contribution in [-0.4, -0.2) is 60.7 Å². The molecule has 1 aromatic rings. The topological polar surface area (TPSA) is 59.1 Å². The Hall–Kier alpha value is -1.95. The van der Waals surface area contributed by atoms with E-state index in [9.17, 15) is 9.59 Å². The van der Waals surface area contributed by atoms with Gasteiger partial charge >= 0.3 is 6.09 Å². The van der Waals surface area contributed by atoms with Crippen LogP contribution >= 0.6 is 11.6 Å². The summed E-state index contributed by atoms with van der Waals surface area (Å²) in [5, 5.41) is 0.642. The van der Waals surface area contributed by atoms with E-state index >= 15 is 0 Å². The Morgan fingerprint density at radius 3 is 2.65 bits per heavy atom. The summed E-state index contributed by atoms with van der Waals surface area (Å²) in [6.45, 7) is 4.09. The number of piperazine rings is 1. The van der Waals surface area contributed by atoms with Crippen LogP contribution in [0.1, 0.15) is 12.5 Å². The summed E-state index contributed by atoms with van der Waals surface area (Å²) in [5.74, 6) is 0.679. The number of carbonyl (C=O) groups is 2. The molecule has 124 valence electrons. The summed E-state index contributed by atoms with van der Waals surface area (Å²) in [5.41, 5.74) is 0.959. The van der Waals surface area contributed by atoms with E-state index < -0.39 is 6.10 Å². The second-order valence-corrected chi connectivity index (χ2v) is 6.01. The first kappa shape index (κ1) is 15.9. The molecule has 1 saturated heterocycles. The van der Waals surface area contributed by atoms with Gasteiger partial charge in [-0.25, -0.2) is 4.79 Å². The minimum atomic E-state index is -0.502. The van der Waals surface area contributed by atoms with Crippen LogP contribution in [0.2, 0.25) is 5.02 Å². The van der Waals surface area contributed by atoms with Crippen molar-refractivity contribution in [3.8, 4) is 5.75 Å². The number of fused-ring (bicyclic) bond motifs is 1. The van der Waals surface area contributed by atoms with E-state index in [0.29, 0.717) is 44.2 Å². The van der Waals surface area contributed by atoms with Crippen LogP contribution in [0.15, 0.2) is 18.2 Å². The van der Waals surface area contributed by atoms with E-state index in [1.165, 1.54) is 0 Å². The van der Waals surface area contributed by atoms with Gasteiger partial charge in [-0.1, -0.05) is 11.6 Å². The molecule has 1 aromatic carbocycles. The highest BCUT2D eigenvalue weighted by molar-refractivity contribution is 6.30. The van der Waals surface area contributed by atoms with E-state index in [-0.39, 0.29) is 12.0 Å². The Kier molecular flexibility index (Phi) is 4.61. The lowest BCUT2D eigenvalue weighted by molar-refractivity contribution is -0.139. The predicted octanol–water partition coefficient (Wildman–Crippen LogP) is 1.94. The van der Waals surface area contributed by atoms with Gasteiger partial charge in [0.25, 0.3) is 5.91 Å². The number of benzene rings is 1. The van der Waals surface area contributed by atoms with E-state index in [1.54, 1.807) is 28.9 Å². The first-order chi connectivity index (χ1) is 11.1. The smallest absolute Gasteiger partial charge is 0.409 e. The highest BCUT2D eigenvalue weighted by Gasteiger charge is 2.34. The summed E-state index contributed by atoms with van der Waals surface area (Å²) in [6.07, 6.45) is -0.288. The van der Waals surface area contributed by atoms with Crippen molar-refractivity contribution in [1.82, 2.24) is 9.80 Å². The minimum absolute atomic E-state index is 0.0409. The Labute approximate surface area is 139 Å². The Bertz CT molecular complexity index is 614. The number of rotatable bonds is 2. The van der Waals surface area contributed by atoms with Crippen molar-refractivity contribution >= 4 is 23.6 Å². The highest BCUT2D eigenvalue weighted by Crippen LogP contribution is 2.31. The maximum atomic E-state index is 12.6. The first-order valence-corrected chi connectivity index (χ1v) is 8.12. The van der Waals surface area contributed by atoms with Gasteiger partial charge in [0, 0.05) is 37.6 Å². The Morgan fingerprint density at radius 2 is 1.96 bits per heavy atom. The van der Waals surface area contributed by atoms with Crippen LogP contribution in [0.4, 0.5) is 4.79 Å². The predicted molar refractivity (Wildman–Crippen MR) is 84.7 cm³/mol. The third-order valence-electron chi connectivity index (χ3n) is 4.09. The van der Waals surface area contributed by atoms with Crippen molar-refractivity contribution in [3.63, 3.8) is 0 Å². The zero-order valence-electron chi connectivity index (χ0n) is 13.0. The first-order valence-electron chi connectivity index (χ1n) is 7.74. The maximum Gasteiger partial charge on any atom is 0.409 e. The molecule has 2 heterocycles. The van der Waals surface area contributed by atoms with Crippen LogP contribution < -0.4 is 4.74 Å². The molecule has 0 N–H and O–H groups in total. The van der Waals surface area contributed by atoms with Gasteiger partial charge in [0.1, 0.15) is 5.75 Å². The third-order valence-corrected chi connectivity index (χ3v) is 4.32. The molecule has 1 unspecified atom stereocenters. The number of nitrogens with zero attached hydrogens (tertiary/aromatic N) is 2. The molecule has 0 aliphatic carbocycles. The molecule has 0 radical (unpaired) electrons. The molecular weight excluding hydrogens is 320 g/mol. The van der Waals surface area contributed by atoms with E-state index in [2.05, 4.69) is 0 Å². The average molecular weight is 339 g/mol. The van der Waals surface area contributed by atoms with Crippen molar-refractivity contribution in [3.05, 3.63) is 28.8 Å². The molecule has 23 heavy (non-hydrogen) atoms. The summed E-state index contributed by atoms with van der Waals surface area (Å²) in [6, 6.07) is 5.39. The molecule has 2 aliphatic rings. The normalized spacial score (nSPS) is 20.0. The molecule has 7 heteroatoms. The SMILES string of the molecule is CCOC(=O)N1CCN(C(=O)C2Cc3cc(Cl)ccc3O2)CC1. The molecule has 1 fully saturated rings. The third kappa shape index (κ3) is 3.37. The van der Waals surface area contributed by atoms with Crippen LogP contribution in [-0.2, 0) is 16.0 Å². The second kappa shape index (κ2) is 6.66. The largest absolute Gasteiger partial charge is 0.480 e.